The molecule has 0 aliphatic rings. The van der Waals surface area contributed by atoms with Gasteiger partial charge in [-0.15, -0.1) is 0 Å². The molecule has 1 aromatic heterocycles. The number of aliphatic imine (C=N–C) groups is 1. The zero-order valence-electron chi connectivity index (χ0n) is 14.5. The van der Waals surface area contributed by atoms with Gasteiger partial charge >= 0.3 is 12.1 Å². The van der Waals surface area contributed by atoms with Crippen LogP contribution in [0.3, 0.4) is 0 Å². The number of ether oxygens (including phenoxy) is 1. The molecule has 0 saturated carbocycles. The first-order valence-corrected chi connectivity index (χ1v) is 8.20. The Balaban J connectivity index is 2.24. The Morgan fingerprint density at radius 3 is 2.68 bits per heavy atom. The Labute approximate surface area is 163 Å². The first-order chi connectivity index (χ1) is 13.2. The number of hydrogen-bond donors (Lipinski definition) is 3. The fourth-order valence-corrected chi connectivity index (χ4v) is 2.31. The monoisotopic (exact) mass is 416 g/mol. The van der Waals surface area contributed by atoms with Gasteiger partial charge in [-0.2, -0.15) is 13.2 Å². The molecule has 28 heavy (non-hydrogen) atoms. The van der Waals surface area contributed by atoms with Crippen LogP contribution in [-0.2, 0) is 17.5 Å². The minimum atomic E-state index is -4.59. The number of carbonyl (C=O) groups is 1. The Morgan fingerprint density at radius 1 is 1.36 bits per heavy atom. The molecule has 0 atom stereocenters. The molecular formula is C17H16ClF3N4O3. The fraction of sp³-hybridized carbons (Fsp3) is 0.235. The summed E-state index contributed by atoms with van der Waals surface area (Å²) in [6.07, 6.45) is -3.97. The Morgan fingerprint density at radius 2 is 2.07 bits per heavy atom. The smallest absolute Gasteiger partial charge is 0.417 e. The Kier molecular flexibility index (Phi) is 7.05. The minimum Gasteiger partial charge on any atom is -0.496 e. The van der Waals surface area contributed by atoms with Crippen molar-refractivity contribution >= 4 is 29.3 Å². The van der Waals surface area contributed by atoms with Crippen LogP contribution in [0.15, 0.2) is 41.5 Å². The van der Waals surface area contributed by atoms with Crippen molar-refractivity contribution in [3.63, 3.8) is 0 Å². The third-order valence-electron chi connectivity index (χ3n) is 3.41. The summed E-state index contributed by atoms with van der Waals surface area (Å²) in [5.74, 6) is -0.707. The molecule has 0 spiro atoms. The van der Waals surface area contributed by atoms with Gasteiger partial charge in [0.2, 0.25) is 0 Å². The SMILES string of the molecule is COc1ccccc1CN=C(NCC(=O)O)Nc1ncc(C(F)(F)F)cc1Cl. The van der Waals surface area contributed by atoms with Crippen LogP contribution >= 0.6 is 11.6 Å². The van der Waals surface area contributed by atoms with Crippen molar-refractivity contribution in [1.82, 2.24) is 10.3 Å². The molecule has 0 saturated heterocycles. The van der Waals surface area contributed by atoms with E-state index in [4.69, 9.17) is 21.4 Å². The van der Waals surface area contributed by atoms with Gasteiger partial charge in [0.15, 0.2) is 11.8 Å². The van der Waals surface area contributed by atoms with E-state index in [0.717, 1.165) is 0 Å². The van der Waals surface area contributed by atoms with Crippen molar-refractivity contribution < 1.29 is 27.8 Å². The summed E-state index contributed by atoms with van der Waals surface area (Å²) in [7, 11) is 1.50. The highest BCUT2D eigenvalue weighted by molar-refractivity contribution is 6.33. The van der Waals surface area contributed by atoms with Gasteiger partial charge in [0.1, 0.15) is 12.3 Å². The molecule has 3 N–H and O–H groups in total. The lowest BCUT2D eigenvalue weighted by Crippen LogP contribution is -2.35. The van der Waals surface area contributed by atoms with Gasteiger partial charge in [0.25, 0.3) is 0 Å². The zero-order chi connectivity index (χ0) is 20.7. The summed E-state index contributed by atoms with van der Waals surface area (Å²) in [6, 6.07) is 7.77. The number of para-hydroxylation sites is 1. The molecule has 0 fully saturated rings. The fourth-order valence-electron chi connectivity index (χ4n) is 2.09. The largest absolute Gasteiger partial charge is 0.496 e. The van der Waals surface area contributed by atoms with E-state index in [1.807, 2.05) is 0 Å². The third kappa shape index (κ3) is 6.02. The number of methoxy groups -OCH3 is 1. The first-order valence-electron chi connectivity index (χ1n) is 7.82. The first kappa shape index (κ1) is 21.3. The van der Waals surface area contributed by atoms with Crippen molar-refractivity contribution in [3.05, 3.63) is 52.7 Å². The molecule has 0 amide bonds. The van der Waals surface area contributed by atoms with Crippen molar-refractivity contribution in [2.45, 2.75) is 12.7 Å². The van der Waals surface area contributed by atoms with Gasteiger partial charge in [-0.3, -0.25) is 4.79 Å². The second-order valence-electron chi connectivity index (χ2n) is 5.40. The maximum atomic E-state index is 12.7. The van der Waals surface area contributed by atoms with E-state index in [9.17, 15) is 18.0 Å². The van der Waals surface area contributed by atoms with Gasteiger partial charge in [0.05, 0.1) is 24.2 Å². The summed E-state index contributed by atoms with van der Waals surface area (Å²) in [5, 5.41) is 13.7. The van der Waals surface area contributed by atoms with Gasteiger partial charge in [-0.25, -0.2) is 9.98 Å². The normalized spacial score (nSPS) is 11.8. The van der Waals surface area contributed by atoms with E-state index in [1.54, 1.807) is 24.3 Å². The summed E-state index contributed by atoms with van der Waals surface area (Å²) < 4.78 is 43.4. The number of aliphatic carboxylic acids is 1. The van der Waals surface area contributed by atoms with Crippen LogP contribution in [0.1, 0.15) is 11.1 Å². The van der Waals surface area contributed by atoms with Crippen LogP contribution in [0, 0.1) is 0 Å². The number of alkyl halides is 3. The number of carboxylic acids is 1. The highest BCUT2D eigenvalue weighted by Crippen LogP contribution is 2.32. The molecule has 11 heteroatoms. The quantitative estimate of drug-likeness (QED) is 0.493. The highest BCUT2D eigenvalue weighted by atomic mass is 35.5. The lowest BCUT2D eigenvalue weighted by atomic mass is 10.2. The van der Waals surface area contributed by atoms with E-state index in [-0.39, 0.29) is 23.3 Å². The standard InChI is InChI=1S/C17H16ClF3N4O3/c1-28-13-5-3-2-4-10(13)7-23-16(24-9-14(26)27)25-15-12(18)6-11(8-22-15)17(19,20)21/h2-6,8H,7,9H2,1H3,(H,26,27)(H2,22,23,24,25). The number of hydrogen-bond acceptors (Lipinski definition) is 4. The Bertz CT molecular complexity index is 875. The van der Waals surface area contributed by atoms with Crippen LogP contribution < -0.4 is 15.4 Å². The molecule has 0 unspecified atom stereocenters. The molecule has 7 nitrogen and oxygen atoms in total. The van der Waals surface area contributed by atoms with E-state index >= 15 is 0 Å². The number of anilines is 1. The summed E-state index contributed by atoms with van der Waals surface area (Å²) in [4.78, 5) is 18.7. The van der Waals surface area contributed by atoms with Crippen molar-refractivity contribution in [2.75, 3.05) is 19.0 Å². The van der Waals surface area contributed by atoms with Gasteiger partial charge in [-0.1, -0.05) is 29.8 Å². The van der Waals surface area contributed by atoms with Gasteiger partial charge < -0.3 is 20.5 Å². The lowest BCUT2D eigenvalue weighted by molar-refractivity contribution is -0.138. The van der Waals surface area contributed by atoms with Crippen molar-refractivity contribution in [2.24, 2.45) is 4.99 Å². The molecular weight excluding hydrogens is 401 g/mol. The number of guanidine groups is 1. The van der Waals surface area contributed by atoms with Gasteiger partial charge in [0, 0.05) is 11.8 Å². The molecule has 2 aromatic rings. The summed E-state index contributed by atoms with van der Waals surface area (Å²) >= 11 is 5.86. The molecule has 2 rings (SSSR count). The molecule has 0 aliphatic heterocycles. The molecule has 0 bridgehead atoms. The minimum absolute atomic E-state index is 0.0255. The summed E-state index contributed by atoms with van der Waals surface area (Å²) in [5.41, 5.74) is -0.290. The topological polar surface area (TPSA) is 95.8 Å². The molecule has 0 radical (unpaired) electrons. The van der Waals surface area contributed by atoms with E-state index < -0.39 is 24.3 Å². The highest BCUT2D eigenvalue weighted by Gasteiger charge is 2.31. The van der Waals surface area contributed by atoms with E-state index in [1.165, 1.54) is 7.11 Å². The molecule has 150 valence electrons. The lowest BCUT2D eigenvalue weighted by Gasteiger charge is -2.14. The maximum Gasteiger partial charge on any atom is 0.417 e. The predicted octanol–water partition coefficient (Wildman–Crippen LogP) is 3.40. The number of carboxylic acid groups (broad SMARTS) is 1. The maximum absolute atomic E-state index is 12.7. The number of benzene rings is 1. The number of nitrogens with zero attached hydrogens (tertiary/aromatic N) is 2. The number of rotatable bonds is 6. The zero-order valence-corrected chi connectivity index (χ0v) is 15.3. The van der Waals surface area contributed by atoms with Crippen LogP contribution in [0.2, 0.25) is 5.02 Å². The van der Waals surface area contributed by atoms with E-state index in [2.05, 4.69) is 20.6 Å². The summed E-state index contributed by atoms with van der Waals surface area (Å²) in [6.45, 7) is -0.368. The van der Waals surface area contributed by atoms with Gasteiger partial charge in [-0.05, 0) is 12.1 Å². The Hall–Kier alpha value is -3.01. The van der Waals surface area contributed by atoms with Crippen LogP contribution in [0.25, 0.3) is 0 Å². The second kappa shape index (κ2) is 9.27. The number of nitrogens with one attached hydrogen (secondary N) is 2. The number of halogens is 4. The van der Waals surface area contributed by atoms with Crippen LogP contribution in [-0.4, -0.2) is 35.7 Å². The average Bonchev–Trinajstić information content (AvgIpc) is 2.64. The van der Waals surface area contributed by atoms with E-state index in [0.29, 0.717) is 23.6 Å². The van der Waals surface area contributed by atoms with Crippen LogP contribution in [0.4, 0.5) is 19.0 Å². The number of aromatic nitrogens is 1. The number of pyridine rings is 1. The second-order valence-corrected chi connectivity index (χ2v) is 5.81. The molecule has 0 aliphatic carbocycles. The third-order valence-corrected chi connectivity index (χ3v) is 3.70. The molecule has 1 aromatic carbocycles. The average molecular weight is 417 g/mol. The van der Waals surface area contributed by atoms with Crippen LogP contribution in [0.5, 0.6) is 5.75 Å². The van der Waals surface area contributed by atoms with Crippen molar-refractivity contribution in [1.29, 1.82) is 0 Å². The van der Waals surface area contributed by atoms with Crippen molar-refractivity contribution in [3.8, 4) is 5.75 Å². The molecule has 1 heterocycles. The predicted molar refractivity (Wildman–Crippen MR) is 97.6 cm³/mol.